The molecule has 0 aromatic heterocycles. The van der Waals surface area contributed by atoms with Crippen molar-refractivity contribution in [1.82, 2.24) is 0 Å². The fourth-order valence-electron chi connectivity index (χ4n) is 0.763. The zero-order chi connectivity index (χ0) is 12.2. The molecule has 16 heavy (non-hydrogen) atoms. The molecule has 0 amide bonds. The van der Waals surface area contributed by atoms with Crippen molar-refractivity contribution in [2.75, 3.05) is 27.4 Å². The van der Waals surface area contributed by atoms with E-state index >= 15 is 0 Å². The standard InChI is InChI=1S/C8H8.C3H6O2.C2H6O/c1-2-8-6-4-3-5-7-8;4-1-3-2-5-3;1-3-2/h2-7H,1H2;3-4H,1-2H2;1-2H3. The molecule has 1 heterocycles. The predicted molar refractivity (Wildman–Crippen MR) is 66.3 cm³/mol. The number of benzene rings is 1. The van der Waals surface area contributed by atoms with Gasteiger partial charge in [-0.15, -0.1) is 0 Å². The van der Waals surface area contributed by atoms with Crippen LogP contribution in [0.2, 0.25) is 0 Å². The Morgan fingerprint density at radius 1 is 1.44 bits per heavy atom. The van der Waals surface area contributed by atoms with E-state index in [1.807, 2.05) is 36.4 Å². The molecule has 1 aliphatic rings. The van der Waals surface area contributed by atoms with Gasteiger partial charge < -0.3 is 14.6 Å². The van der Waals surface area contributed by atoms with E-state index in [1.54, 1.807) is 14.2 Å². The van der Waals surface area contributed by atoms with E-state index in [9.17, 15) is 0 Å². The highest BCUT2D eigenvalue weighted by Crippen LogP contribution is 2.04. The van der Waals surface area contributed by atoms with Gasteiger partial charge in [0.05, 0.1) is 13.2 Å². The van der Waals surface area contributed by atoms with Gasteiger partial charge in [0.2, 0.25) is 0 Å². The van der Waals surface area contributed by atoms with Crippen LogP contribution in [-0.2, 0) is 9.47 Å². The highest BCUT2D eigenvalue weighted by atomic mass is 16.6. The molecule has 1 aromatic rings. The SMILES string of the molecule is C=Cc1ccccc1.COC.OCC1CO1. The van der Waals surface area contributed by atoms with Crippen LogP contribution in [-0.4, -0.2) is 38.6 Å². The van der Waals surface area contributed by atoms with Gasteiger partial charge in [0, 0.05) is 14.2 Å². The number of methoxy groups -OCH3 is 1. The first kappa shape index (κ1) is 14.8. The summed E-state index contributed by atoms with van der Waals surface area (Å²) in [5.74, 6) is 0. The Morgan fingerprint density at radius 3 is 2.12 bits per heavy atom. The summed E-state index contributed by atoms with van der Waals surface area (Å²) >= 11 is 0. The summed E-state index contributed by atoms with van der Waals surface area (Å²) < 4.78 is 8.86. The summed E-state index contributed by atoms with van der Waals surface area (Å²) in [6.45, 7) is 4.59. The molecule has 3 heteroatoms. The number of hydrogen-bond acceptors (Lipinski definition) is 3. The van der Waals surface area contributed by atoms with Crippen molar-refractivity contribution in [3.63, 3.8) is 0 Å². The van der Waals surface area contributed by atoms with E-state index in [0.717, 1.165) is 6.61 Å². The Balaban J connectivity index is 0.000000241. The summed E-state index contributed by atoms with van der Waals surface area (Å²) in [7, 11) is 3.25. The maximum absolute atomic E-state index is 8.08. The molecular weight excluding hydrogens is 204 g/mol. The van der Waals surface area contributed by atoms with Gasteiger partial charge in [-0.05, 0) is 5.56 Å². The van der Waals surface area contributed by atoms with E-state index in [1.165, 1.54) is 5.56 Å². The summed E-state index contributed by atoms with van der Waals surface area (Å²) in [6.07, 6.45) is 2.02. The number of rotatable bonds is 2. The first-order chi connectivity index (χ1) is 7.78. The minimum Gasteiger partial charge on any atom is -0.394 e. The molecule has 1 aromatic carbocycles. The molecule has 1 fully saturated rings. The van der Waals surface area contributed by atoms with E-state index in [-0.39, 0.29) is 12.7 Å². The molecule has 90 valence electrons. The first-order valence-electron chi connectivity index (χ1n) is 5.08. The summed E-state index contributed by atoms with van der Waals surface area (Å²) in [4.78, 5) is 0. The minimum absolute atomic E-state index is 0.190. The molecule has 1 aliphatic heterocycles. The van der Waals surface area contributed by atoms with Gasteiger partial charge in [-0.25, -0.2) is 0 Å². The van der Waals surface area contributed by atoms with Crippen molar-refractivity contribution < 1.29 is 14.6 Å². The molecular formula is C13H20O3. The van der Waals surface area contributed by atoms with Crippen LogP contribution in [0, 0.1) is 0 Å². The Labute approximate surface area is 97.3 Å². The van der Waals surface area contributed by atoms with Gasteiger partial charge in [0.25, 0.3) is 0 Å². The van der Waals surface area contributed by atoms with Crippen LogP contribution in [0.25, 0.3) is 6.08 Å². The molecule has 0 aliphatic carbocycles. The van der Waals surface area contributed by atoms with Crippen LogP contribution in [0.4, 0.5) is 0 Å². The largest absolute Gasteiger partial charge is 0.394 e. The van der Waals surface area contributed by atoms with Crippen molar-refractivity contribution >= 4 is 6.08 Å². The summed E-state index contributed by atoms with van der Waals surface area (Å²) in [6, 6.07) is 10.0. The Bertz CT molecular complexity index is 255. The Kier molecular flexibility index (Phi) is 9.61. The van der Waals surface area contributed by atoms with Gasteiger partial charge in [-0.2, -0.15) is 0 Å². The van der Waals surface area contributed by atoms with Gasteiger partial charge in [0.1, 0.15) is 6.10 Å². The molecule has 0 bridgehead atoms. The fraction of sp³-hybridized carbons (Fsp3) is 0.385. The summed E-state index contributed by atoms with van der Waals surface area (Å²) in [5.41, 5.74) is 1.17. The maximum Gasteiger partial charge on any atom is 0.104 e. The molecule has 1 atom stereocenters. The Hall–Kier alpha value is -1.16. The van der Waals surface area contributed by atoms with Gasteiger partial charge in [0.15, 0.2) is 0 Å². The molecule has 0 radical (unpaired) electrons. The maximum atomic E-state index is 8.08. The second-order valence-corrected chi connectivity index (χ2v) is 3.16. The van der Waals surface area contributed by atoms with Crippen molar-refractivity contribution in [3.8, 4) is 0 Å². The average Bonchev–Trinajstić information content (AvgIpc) is 3.16. The zero-order valence-electron chi connectivity index (χ0n) is 9.93. The predicted octanol–water partition coefficient (Wildman–Crippen LogP) is 1.97. The van der Waals surface area contributed by atoms with Crippen LogP contribution in [0.15, 0.2) is 36.9 Å². The molecule has 3 nitrogen and oxygen atoms in total. The lowest BCUT2D eigenvalue weighted by Gasteiger charge is -1.85. The van der Waals surface area contributed by atoms with Crippen LogP contribution in [0.1, 0.15) is 5.56 Å². The lowest BCUT2D eigenvalue weighted by Crippen LogP contribution is -1.88. The molecule has 0 saturated carbocycles. The number of epoxide rings is 1. The first-order valence-corrected chi connectivity index (χ1v) is 5.08. The van der Waals surface area contributed by atoms with Crippen LogP contribution >= 0.6 is 0 Å². The van der Waals surface area contributed by atoms with Gasteiger partial charge in [-0.3, -0.25) is 0 Å². The van der Waals surface area contributed by atoms with Crippen molar-refractivity contribution in [1.29, 1.82) is 0 Å². The minimum atomic E-state index is 0.190. The smallest absolute Gasteiger partial charge is 0.104 e. The third-order valence-electron chi connectivity index (χ3n) is 1.64. The second kappa shape index (κ2) is 10.4. The van der Waals surface area contributed by atoms with Gasteiger partial charge >= 0.3 is 0 Å². The topological polar surface area (TPSA) is 42.0 Å². The monoisotopic (exact) mass is 224 g/mol. The normalized spacial score (nSPS) is 16.1. The fourth-order valence-corrected chi connectivity index (χ4v) is 0.763. The Morgan fingerprint density at radius 2 is 1.94 bits per heavy atom. The number of ether oxygens (including phenoxy) is 2. The third kappa shape index (κ3) is 9.40. The zero-order valence-corrected chi connectivity index (χ0v) is 9.93. The molecule has 1 unspecified atom stereocenters. The van der Waals surface area contributed by atoms with E-state index in [4.69, 9.17) is 5.11 Å². The molecule has 1 saturated heterocycles. The van der Waals surface area contributed by atoms with Crippen LogP contribution in [0.3, 0.4) is 0 Å². The van der Waals surface area contributed by atoms with Crippen LogP contribution in [0.5, 0.6) is 0 Å². The number of hydrogen-bond donors (Lipinski definition) is 1. The lowest BCUT2D eigenvalue weighted by atomic mass is 10.2. The van der Waals surface area contributed by atoms with Crippen LogP contribution < -0.4 is 0 Å². The molecule has 0 spiro atoms. The van der Waals surface area contributed by atoms with Crippen molar-refractivity contribution in [2.45, 2.75) is 6.10 Å². The summed E-state index contributed by atoms with van der Waals surface area (Å²) in [5, 5.41) is 8.08. The molecule has 2 rings (SSSR count). The highest BCUT2D eigenvalue weighted by molar-refractivity contribution is 5.45. The van der Waals surface area contributed by atoms with Crippen molar-refractivity contribution in [3.05, 3.63) is 42.5 Å². The van der Waals surface area contributed by atoms with Crippen molar-refractivity contribution in [2.24, 2.45) is 0 Å². The lowest BCUT2D eigenvalue weighted by molar-refractivity contribution is 0.244. The third-order valence-corrected chi connectivity index (χ3v) is 1.64. The van der Waals surface area contributed by atoms with E-state index < -0.39 is 0 Å². The number of aliphatic hydroxyl groups is 1. The number of aliphatic hydroxyl groups excluding tert-OH is 1. The quantitative estimate of drug-likeness (QED) is 0.781. The van der Waals surface area contributed by atoms with E-state index in [2.05, 4.69) is 16.1 Å². The highest BCUT2D eigenvalue weighted by Gasteiger charge is 2.19. The average molecular weight is 224 g/mol. The van der Waals surface area contributed by atoms with Gasteiger partial charge in [-0.1, -0.05) is 43.0 Å². The molecule has 1 N–H and O–H groups in total. The van der Waals surface area contributed by atoms with E-state index in [0.29, 0.717) is 0 Å². The second-order valence-electron chi connectivity index (χ2n) is 3.16.